The van der Waals surface area contributed by atoms with E-state index in [1.807, 2.05) is 31.2 Å². The number of hydrogen-bond acceptors (Lipinski definition) is 1. The molecule has 2 aliphatic carbocycles. The first-order chi connectivity index (χ1) is 13.8. The topological polar surface area (TPSA) is 9.23 Å². The van der Waals surface area contributed by atoms with Crippen LogP contribution in [0.15, 0.2) is 36.4 Å². The lowest BCUT2D eigenvalue weighted by Gasteiger charge is -2.37. The van der Waals surface area contributed by atoms with Crippen LogP contribution in [-0.2, 0) is 0 Å². The summed E-state index contributed by atoms with van der Waals surface area (Å²) in [6.07, 6.45) is 18.9. The number of allylic oxidation sites excluding steroid dienone is 2. The molecule has 1 aromatic carbocycles. The van der Waals surface area contributed by atoms with E-state index in [1.54, 1.807) is 0 Å². The Bertz CT molecular complexity index is 644. The van der Waals surface area contributed by atoms with Crippen molar-refractivity contribution in [2.24, 2.45) is 23.7 Å². The predicted octanol–water partition coefficient (Wildman–Crippen LogP) is 7.41. The van der Waals surface area contributed by atoms with Gasteiger partial charge in [-0.2, -0.15) is 0 Å². The molecule has 2 saturated carbocycles. The zero-order chi connectivity index (χ0) is 19.6. The van der Waals surface area contributed by atoms with Gasteiger partial charge in [0.05, 0.1) is 6.61 Å². The SMILES string of the molecule is CCCC1CCC(C2CCC(/C=C/C#Cc3ccc(OCC)cc3)CC2)CC1. The molecule has 0 amide bonds. The number of benzene rings is 1. The lowest BCUT2D eigenvalue weighted by molar-refractivity contribution is 0.152. The molecule has 0 aliphatic heterocycles. The first-order valence-corrected chi connectivity index (χ1v) is 11.7. The van der Waals surface area contributed by atoms with Gasteiger partial charge in [0.15, 0.2) is 0 Å². The van der Waals surface area contributed by atoms with Gasteiger partial charge in [-0.05, 0) is 99.5 Å². The van der Waals surface area contributed by atoms with E-state index < -0.39 is 0 Å². The van der Waals surface area contributed by atoms with E-state index in [9.17, 15) is 0 Å². The van der Waals surface area contributed by atoms with Gasteiger partial charge in [-0.1, -0.05) is 50.5 Å². The summed E-state index contributed by atoms with van der Waals surface area (Å²) in [6.45, 7) is 5.05. The Balaban J connectivity index is 1.39. The third-order valence-electron chi connectivity index (χ3n) is 6.91. The van der Waals surface area contributed by atoms with Gasteiger partial charge < -0.3 is 4.74 Å². The van der Waals surface area contributed by atoms with Gasteiger partial charge in [0.2, 0.25) is 0 Å². The Morgan fingerprint density at radius 1 is 0.893 bits per heavy atom. The van der Waals surface area contributed by atoms with Crippen LogP contribution in [-0.4, -0.2) is 6.61 Å². The summed E-state index contributed by atoms with van der Waals surface area (Å²) in [5.74, 6) is 11.2. The molecule has 0 radical (unpaired) electrons. The highest BCUT2D eigenvalue weighted by Gasteiger charge is 2.29. The second-order valence-electron chi connectivity index (χ2n) is 8.83. The van der Waals surface area contributed by atoms with E-state index in [1.165, 1.54) is 64.2 Å². The molecular weight excluding hydrogens is 340 g/mol. The average molecular weight is 379 g/mol. The summed E-state index contributed by atoms with van der Waals surface area (Å²) in [7, 11) is 0. The summed E-state index contributed by atoms with van der Waals surface area (Å²) in [6, 6.07) is 8.06. The molecule has 2 aliphatic rings. The Kier molecular flexibility index (Phi) is 8.53. The fraction of sp³-hybridized carbons (Fsp3) is 0.630. The molecule has 3 rings (SSSR count). The van der Waals surface area contributed by atoms with Crippen LogP contribution in [0.4, 0.5) is 0 Å². The third kappa shape index (κ3) is 6.44. The van der Waals surface area contributed by atoms with Crippen molar-refractivity contribution in [1.29, 1.82) is 0 Å². The molecule has 0 unspecified atom stereocenters. The van der Waals surface area contributed by atoms with Gasteiger partial charge in [0.25, 0.3) is 0 Å². The first kappa shape index (κ1) is 21.0. The quantitative estimate of drug-likeness (QED) is 0.468. The summed E-state index contributed by atoms with van der Waals surface area (Å²) in [5, 5.41) is 0. The van der Waals surface area contributed by atoms with E-state index in [2.05, 4.69) is 30.9 Å². The normalized spacial score (nSPS) is 27.9. The van der Waals surface area contributed by atoms with Crippen molar-refractivity contribution >= 4 is 0 Å². The molecule has 1 aromatic rings. The molecule has 0 N–H and O–H groups in total. The van der Waals surface area contributed by atoms with Crippen molar-refractivity contribution in [2.45, 2.75) is 78.1 Å². The minimum atomic E-state index is 0.704. The molecule has 0 spiro atoms. The van der Waals surface area contributed by atoms with Crippen molar-refractivity contribution in [1.82, 2.24) is 0 Å². The lowest BCUT2D eigenvalue weighted by Crippen LogP contribution is -2.25. The minimum absolute atomic E-state index is 0.704. The zero-order valence-corrected chi connectivity index (χ0v) is 18.0. The van der Waals surface area contributed by atoms with Gasteiger partial charge in [0, 0.05) is 5.56 Å². The monoisotopic (exact) mass is 378 g/mol. The van der Waals surface area contributed by atoms with E-state index in [-0.39, 0.29) is 0 Å². The van der Waals surface area contributed by atoms with Crippen LogP contribution in [0.5, 0.6) is 5.75 Å². The maximum absolute atomic E-state index is 5.47. The van der Waals surface area contributed by atoms with Crippen LogP contribution in [0.25, 0.3) is 0 Å². The van der Waals surface area contributed by atoms with Crippen molar-refractivity contribution in [3.8, 4) is 17.6 Å². The molecule has 1 heteroatoms. The smallest absolute Gasteiger partial charge is 0.119 e. The molecule has 0 bridgehead atoms. The van der Waals surface area contributed by atoms with Gasteiger partial charge >= 0.3 is 0 Å². The zero-order valence-electron chi connectivity index (χ0n) is 18.0. The fourth-order valence-electron chi connectivity index (χ4n) is 5.28. The van der Waals surface area contributed by atoms with Crippen LogP contribution in [0.3, 0.4) is 0 Å². The lowest BCUT2D eigenvalue weighted by atomic mass is 9.69. The van der Waals surface area contributed by atoms with Crippen molar-refractivity contribution in [2.75, 3.05) is 6.61 Å². The second kappa shape index (κ2) is 11.4. The molecule has 2 fully saturated rings. The van der Waals surface area contributed by atoms with Crippen molar-refractivity contribution in [3.63, 3.8) is 0 Å². The Hall–Kier alpha value is -1.68. The molecule has 0 saturated heterocycles. The van der Waals surface area contributed by atoms with E-state index >= 15 is 0 Å². The Morgan fingerprint density at radius 2 is 1.54 bits per heavy atom. The van der Waals surface area contributed by atoms with Gasteiger partial charge in [-0.25, -0.2) is 0 Å². The number of hydrogen-bond donors (Lipinski definition) is 0. The molecule has 28 heavy (non-hydrogen) atoms. The van der Waals surface area contributed by atoms with Gasteiger partial charge in [-0.15, -0.1) is 0 Å². The predicted molar refractivity (Wildman–Crippen MR) is 119 cm³/mol. The second-order valence-corrected chi connectivity index (χ2v) is 8.83. The highest BCUT2D eigenvalue weighted by molar-refractivity contribution is 5.40. The molecule has 152 valence electrons. The molecule has 0 aromatic heterocycles. The first-order valence-electron chi connectivity index (χ1n) is 11.7. The van der Waals surface area contributed by atoms with Gasteiger partial charge in [-0.3, -0.25) is 0 Å². The van der Waals surface area contributed by atoms with Crippen LogP contribution in [0, 0.1) is 35.5 Å². The largest absolute Gasteiger partial charge is 0.494 e. The summed E-state index contributed by atoms with van der Waals surface area (Å²) >= 11 is 0. The summed E-state index contributed by atoms with van der Waals surface area (Å²) in [4.78, 5) is 0. The van der Waals surface area contributed by atoms with Crippen LogP contribution >= 0.6 is 0 Å². The Labute approximate surface area is 173 Å². The van der Waals surface area contributed by atoms with E-state index in [0.29, 0.717) is 6.61 Å². The maximum Gasteiger partial charge on any atom is 0.119 e. The molecule has 1 nitrogen and oxygen atoms in total. The highest BCUT2D eigenvalue weighted by atomic mass is 16.5. The minimum Gasteiger partial charge on any atom is -0.494 e. The Morgan fingerprint density at radius 3 is 2.14 bits per heavy atom. The molecule has 0 heterocycles. The van der Waals surface area contributed by atoms with Crippen LogP contribution in [0.1, 0.15) is 83.6 Å². The van der Waals surface area contributed by atoms with Crippen molar-refractivity contribution < 1.29 is 4.74 Å². The van der Waals surface area contributed by atoms with Crippen LogP contribution < -0.4 is 4.74 Å². The number of ether oxygens (including phenoxy) is 1. The summed E-state index contributed by atoms with van der Waals surface area (Å²) in [5.41, 5.74) is 1.05. The summed E-state index contributed by atoms with van der Waals surface area (Å²) < 4.78 is 5.47. The fourth-order valence-corrected chi connectivity index (χ4v) is 5.28. The standard InChI is InChI=1S/C27H38O/c1-3-7-22-10-16-25(17-11-22)26-18-12-23(13-19-26)8-5-6-9-24-14-20-27(21-15-24)28-4-2/h5,8,14-15,20-23,25-26H,3-4,7,10-13,16-19H2,1-2H3/b8-5+. The van der Waals surface area contributed by atoms with E-state index in [0.717, 1.165) is 35.0 Å². The van der Waals surface area contributed by atoms with Crippen molar-refractivity contribution in [3.05, 3.63) is 42.0 Å². The maximum atomic E-state index is 5.47. The molecular formula is C27H38O. The highest BCUT2D eigenvalue weighted by Crippen LogP contribution is 2.42. The average Bonchev–Trinajstić information content (AvgIpc) is 2.74. The van der Waals surface area contributed by atoms with Gasteiger partial charge in [0.1, 0.15) is 5.75 Å². The third-order valence-corrected chi connectivity index (χ3v) is 6.91. The van der Waals surface area contributed by atoms with Crippen LogP contribution in [0.2, 0.25) is 0 Å². The van der Waals surface area contributed by atoms with E-state index in [4.69, 9.17) is 4.74 Å². The molecule has 0 atom stereocenters. The number of rotatable bonds is 6.